The second-order valence-corrected chi connectivity index (χ2v) is 6.85. The van der Waals surface area contributed by atoms with Gasteiger partial charge in [-0.2, -0.15) is 0 Å². The van der Waals surface area contributed by atoms with Crippen LogP contribution in [-0.2, 0) is 9.47 Å². The van der Waals surface area contributed by atoms with Crippen LogP contribution in [-0.4, -0.2) is 80.5 Å². The van der Waals surface area contributed by atoms with Gasteiger partial charge in [0.1, 0.15) is 0 Å². The highest BCUT2D eigenvalue weighted by Gasteiger charge is 2.42. The molecule has 0 radical (unpaired) electrons. The molecule has 5 nitrogen and oxygen atoms in total. The minimum absolute atomic E-state index is 0.0428. The number of nitrogens with two attached hydrogens (primary N) is 1. The number of unbranched alkanes of at least 4 members (excludes halogenated alkanes) is 1. The molecule has 3 heterocycles. The molecule has 0 saturated carbocycles. The summed E-state index contributed by atoms with van der Waals surface area (Å²) in [5.74, 6) is 0. The lowest BCUT2D eigenvalue weighted by Crippen LogP contribution is -2.55. The molecular formula is C16H31N3O2. The number of rotatable bonds is 5. The van der Waals surface area contributed by atoms with Gasteiger partial charge in [0.25, 0.3) is 0 Å². The average molecular weight is 297 g/mol. The molecule has 0 bridgehead atoms. The van der Waals surface area contributed by atoms with E-state index < -0.39 is 0 Å². The van der Waals surface area contributed by atoms with Crippen molar-refractivity contribution < 1.29 is 9.47 Å². The molecule has 0 aliphatic carbocycles. The van der Waals surface area contributed by atoms with Gasteiger partial charge in [0.05, 0.1) is 12.2 Å². The van der Waals surface area contributed by atoms with Gasteiger partial charge in [0.2, 0.25) is 0 Å². The molecule has 5 heteroatoms. The Morgan fingerprint density at radius 1 is 1.10 bits per heavy atom. The summed E-state index contributed by atoms with van der Waals surface area (Å²) < 4.78 is 11.6. The number of hydrogen-bond donors (Lipinski definition) is 1. The third kappa shape index (κ3) is 3.96. The van der Waals surface area contributed by atoms with Crippen molar-refractivity contribution in [3.63, 3.8) is 0 Å². The normalized spacial score (nSPS) is 35.6. The summed E-state index contributed by atoms with van der Waals surface area (Å²) in [5, 5.41) is 0. The van der Waals surface area contributed by atoms with E-state index in [1.165, 1.54) is 52.0 Å². The Morgan fingerprint density at radius 2 is 1.95 bits per heavy atom. The maximum absolute atomic E-state index is 6.06. The lowest BCUT2D eigenvalue weighted by Gasteiger charge is -2.45. The first-order valence-electron chi connectivity index (χ1n) is 8.69. The van der Waals surface area contributed by atoms with E-state index in [9.17, 15) is 0 Å². The molecule has 21 heavy (non-hydrogen) atoms. The number of piperazine rings is 1. The second-order valence-electron chi connectivity index (χ2n) is 6.85. The van der Waals surface area contributed by atoms with Gasteiger partial charge in [-0.15, -0.1) is 0 Å². The Kier molecular flexibility index (Phi) is 5.51. The highest BCUT2D eigenvalue weighted by molar-refractivity contribution is 4.94. The van der Waals surface area contributed by atoms with Crippen LogP contribution in [0, 0.1) is 0 Å². The third-order valence-electron chi connectivity index (χ3n) is 5.39. The number of nitrogens with zero attached hydrogens (tertiary/aromatic N) is 2. The monoisotopic (exact) mass is 297 g/mol. The van der Waals surface area contributed by atoms with E-state index in [0.29, 0.717) is 6.04 Å². The van der Waals surface area contributed by atoms with Gasteiger partial charge in [0, 0.05) is 51.9 Å². The van der Waals surface area contributed by atoms with Gasteiger partial charge in [-0.25, -0.2) is 0 Å². The van der Waals surface area contributed by atoms with Crippen molar-refractivity contribution in [1.82, 2.24) is 9.80 Å². The molecule has 3 aliphatic rings. The van der Waals surface area contributed by atoms with E-state index in [1.807, 2.05) is 0 Å². The molecular weight excluding hydrogens is 266 g/mol. The highest BCUT2D eigenvalue weighted by atomic mass is 16.6. The van der Waals surface area contributed by atoms with Crippen LogP contribution in [0.4, 0.5) is 0 Å². The van der Waals surface area contributed by atoms with Crippen molar-refractivity contribution >= 4 is 0 Å². The minimum atomic E-state index is 0.0428. The molecule has 0 aromatic rings. The quantitative estimate of drug-likeness (QED) is 0.756. The molecule has 122 valence electrons. The standard InChI is InChI=1S/C16H31N3O2/c17-5-1-2-6-18-7-9-19(10-8-18)15-3-11-21-16(13-15)4-12-20-14-16/h15H,1-14,17H2. The fraction of sp³-hybridized carbons (Fsp3) is 1.00. The second kappa shape index (κ2) is 7.38. The van der Waals surface area contributed by atoms with Crippen LogP contribution < -0.4 is 5.73 Å². The molecule has 2 unspecified atom stereocenters. The molecule has 1 spiro atoms. The first-order valence-corrected chi connectivity index (χ1v) is 8.69. The largest absolute Gasteiger partial charge is 0.378 e. The van der Waals surface area contributed by atoms with Crippen LogP contribution in [0.3, 0.4) is 0 Å². The van der Waals surface area contributed by atoms with Gasteiger partial charge in [-0.3, -0.25) is 4.90 Å². The highest BCUT2D eigenvalue weighted by Crippen LogP contribution is 2.35. The predicted octanol–water partition coefficient (Wildman–Crippen LogP) is 0.681. The Labute approximate surface area is 128 Å². The van der Waals surface area contributed by atoms with Crippen molar-refractivity contribution in [2.24, 2.45) is 5.73 Å². The molecule has 3 saturated heterocycles. The number of hydrogen-bond acceptors (Lipinski definition) is 5. The SMILES string of the molecule is NCCCCN1CCN(C2CCOC3(CCOC3)C2)CC1. The lowest BCUT2D eigenvalue weighted by molar-refractivity contribution is -0.110. The summed E-state index contributed by atoms with van der Waals surface area (Å²) in [7, 11) is 0. The van der Waals surface area contributed by atoms with Crippen molar-refractivity contribution in [3.05, 3.63) is 0 Å². The van der Waals surface area contributed by atoms with Crippen molar-refractivity contribution in [2.45, 2.75) is 43.7 Å². The maximum Gasteiger partial charge on any atom is 0.0951 e. The maximum atomic E-state index is 6.06. The van der Waals surface area contributed by atoms with Crippen LogP contribution in [0.2, 0.25) is 0 Å². The zero-order valence-electron chi connectivity index (χ0n) is 13.3. The van der Waals surface area contributed by atoms with Crippen LogP contribution in [0.1, 0.15) is 32.1 Å². The van der Waals surface area contributed by atoms with Gasteiger partial charge in [-0.05, 0) is 38.8 Å². The Hall–Kier alpha value is -0.200. The smallest absolute Gasteiger partial charge is 0.0951 e. The van der Waals surface area contributed by atoms with E-state index >= 15 is 0 Å². The van der Waals surface area contributed by atoms with E-state index in [-0.39, 0.29) is 5.60 Å². The number of ether oxygens (including phenoxy) is 2. The van der Waals surface area contributed by atoms with Gasteiger partial charge in [-0.1, -0.05) is 0 Å². The summed E-state index contributed by atoms with van der Waals surface area (Å²) in [4.78, 5) is 5.29. The van der Waals surface area contributed by atoms with Gasteiger partial charge in [0.15, 0.2) is 0 Å². The Bertz CT molecular complexity index is 313. The van der Waals surface area contributed by atoms with Gasteiger partial charge < -0.3 is 20.1 Å². The van der Waals surface area contributed by atoms with E-state index in [0.717, 1.165) is 39.2 Å². The van der Waals surface area contributed by atoms with Crippen LogP contribution >= 0.6 is 0 Å². The molecule has 2 atom stereocenters. The van der Waals surface area contributed by atoms with E-state index in [1.54, 1.807) is 0 Å². The fourth-order valence-electron chi connectivity index (χ4n) is 4.01. The molecule has 3 fully saturated rings. The molecule has 3 rings (SSSR count). The third-order valence-corrected chi connectivity index (χ3v) is 5.39. The molecule has 3 aliphatic heterocycles. The first kappa shape index (κ1) is 15.7. The first-order chi connectivity index (χ1) is 10.3. The van der Waals surface area contributed by atoms with Crippen molar-refractivity contribution in [1.29, 1.82) is 0 Å². The Morgan fingerprint density at radius 3 is 2.67 bits per heavy atom. The van der Waals surface area contributed by atoms with E-state index in [2.05, 4.69) is 9.80 Å². The summed E-state index contributed by atoms with van der Waals surface area (Å²) >= 11 is 0. The molecule has 2 N–H and O–H groups in total. The summed E-state index contributed by atoms with van der Waals surface area (Å²) in [6, 6.07) is 0.701. The van der Waals surface area contributed by atoms with Crippen LogP contribution in [0.15, 0.2) is 0 Å². The molecule has 0 aromatic carbocycles. The van der Waals surface area contributed by atoms with E-state index in [4.69, 9.17) is 15.2 Å². The zero-order valence-corrected chi connectivity index (χ0v) is 13.3. The Balaban J connectivity index is 1.43. The van der Waals surface area contributed by atoms with Crippen LogP contribution in [0.5, 0.6) is 0 Å². The summed E-state index contributed by atoms with van der Waals surface area (Å²) in [6.45, 7) is 9.49. The molecule has 0 amide bonds. The van der Waals surface area contributed by atoms with Crippen molar-refractivity contribution in [2.75, 3.05) is 59.1 Å². The van der Waals surface area contributed by atoms with Gasteiger partial charge >= 0.3 is 0 Å². The minimum Gasteiger partial charge on any atom is -0.378 e. The van der Waals surface area contributed by atoms with Crippen molar-refractivity contribution in [3.8, 4) is 0 Å². The zero-order chi connectivity index (χ0) is 14.5. The fourth-order valence-corrected chi connectivity index (χ4v) is 4.01. The lowest BCUT2D eigenvalue weighted by atomic mass is 9.88. The topological polar surface area (TPSA) is 51.0 Å². The summed E-state index contributed by atoms with van der Waals surface area (Å²) in [6.07, 6.45) is 5.84. The van der Waals surface area contributed by atoms with Crippen LogP contribution in [0.25, 0.3) is 0 Å². The molecule has 0 aromatic heterocycles. The average Bonchev–Trinajstić information content (AvgIpc) is 2.96. The summed E-state index contributed by atoms with van der Waals surface area (Å²) in [5.41, 5.74) is 5.61. The predicted molar refractivity (Wildman–Crippen MR) is 83.4 cm³/mol.